The maximum absolute atomic E-state index is 5.49. The summed E-state index contributed by atoms with van der Waals surface area (Å²) in [7, 11) is 9.28. The molecule has 1 aromatic rings. The van der Waals surface area contributed by atoms with E-state index in [2.05, 4.69) is 47.6 Å². The van der Waals surface area contributed by atoms with Crippen LogP contribution in [0.1, 0.15) is 18.5 Å². The van der Waals surface area contributed by atoms with Crippen molar-refractivity contribution >= 4 is 29.9 Å². The zero-order valence-corrected chi connectivity index (χ0v) is 17.8. The van der Waals surface area contributed by atoms with Crippen LogP contribution >= 0.6 is 24.0 Å². The number of ether oxygens (including phenoxy) is 2. The summed E-state index contributed by atoms with van der Waals surface area (Å²) in [6.45, 7) is 3.40. The van der Waals surface area contributed by atoms with Crippen molar-refractivity contribution in [2.24, 2.45) is 4.99 Å². The minimum atomic E-state index is 0. The number of aliphatic imine (C=N–C) groups is 1. The first-order valence-corrected chi connectivity index (χ1v) is 7.78. The molecule has 0 radical (unpaired) electrons. The van der Waals surface area contributed by atoms with Gasteiger partial charge in [-0.05, 0) is 27.1 Å². The number of nitrogens with zero attached hydrogens (tertiary/aromatic N) is 2. The first-order chi connectivity index (χ1) is 11.0. The van der Waals surface area contributed by atoms with Crippen molar-refractivity contribution in [3.05, 3.63) is 29.8 Å². The average molecular weight is 450 g/mol. The van der Waals surface area contributed by atoms with Crippen molar-refractivity contribution in [2.45, 2.75) is 19.0 Å². The number of guanidine groups is 1. The lowest BCUT2D eigenvalue weighted by Gasteiger charge is -2.27. The normalized spacial score (nSPS) is 13.9. The van der Waals surface area contributed by atoms with E-state index in [1.54, 1.807) is 21.3 Å². The maximum atomic E-state index is 5.49. The van der Waals surface area contributed by atoms with Crippen molar-refractivity contribution < 1.29 is 9.47 Å². The highest BCUT2D eigenvalue weighted by atomic mass is 127. The third-order valence-electron chi connectivity index (χ3n) is 3.61. The fraction of sp³-hybridized carbons (Fsp3) is 0.588. The van der Waals surface area contributed by atoms with Gasteiger partial charge in [0.1, 0.15) is 5.75 Å². The Labute approximate surface area is 163 Å². The number of likely N-dealkylation sites (N-methyl/N-ethyl adjacent to an activating group) is 1. The molecule has 7 heteroatoms. The lowest BCUT2D eigenvalue weighted by molar-refractivity contribution is 0.179. The van der Waals surface area contributed by atoms with E-state index in [1.807, 2.05) is 18.2 Å². The first kappa shape index (κ1) is 22.9. The Kier molecular flexibility index (Phi) is 11.8. The van der Waals surface area contributed by atoms with Crippen LogP contribution in [0.2, 0.25) is 0 Å². The van der Waals surface area contributed by atoms with Crippen LogP contribution in [0, 0.1) is 0 Å². The molecule has 6 nitrogen and oxygen atoms in total. The van der Waals surface area contributed by atoms with Crippen LogP contribution in [-0.2, 0) is 4.74 Å². The van der Waals surface area contributed by atoms with Gasteiger partial charge in [0, 0.05) is 32.3 Å². The predicted octanol–water partition coefficient (Wildman–Crippen LogP) is 2.12. The molecular formula is C17H31IN4O2. The van der Waals surface area contributed by atoms with Crippen molar-refractivity contribution in [1.29, 1.82) is 0 Å². The molecule has 0 fully saturated rings. The SMILES string of the molecule is CN=C(NCC(c1ccccc1OC)N(C)C)NC(C)COC.I. The largest absolute Gasteiger partial charge is 0.496 e. The summed E-state index contributed by atoms with van der Waals surface area (Å²) in [5.41, 5.74) is 1.15. The lowest BCUT2D eigenvalue weighted by atomic mass is 10.0. The Morgan fingerprint density at radius 1 is 1.25 bits per heavy atom. The van der Waals surface area contributed by atoms with Gasteiger partial charge < -0.3 is 25.0 Å². The standard InChI is InChI=1S/C17H30N4O2.HI/c1-13(12-22-5)20-17(18-2)19-11-15(21(3)4)14-9-7-8-10-16(14)23-6;/h7-10,13,15H,11-12H2,1-6H3,(H2,18,19,20);1H. The third-order valence-corrected chi connectivity index (χ3v) is 3.61. The highest BCUT2D eigenvalue weighted by Gasteiger charge is 2.18. The molecule has 0 aromatic heterocycles. The Balaban J connectivity index is 0.00000529. The van der Waals surface area contributed by atoms with Gasteiger partial charge in [-0.3, -0.25) is 4.99 Å². The van der Waals surface area contributed by atoms with Crippen molar-refractivity contribution in [2.75, 3.05) is 48.5 Å². The highest BCUT2D eigenvalue weighted by molar-refractivity contribution is 14.0. The molecule has 0 aliphatic heterocycles. The van der Waals surface area contributed by atoms with E-state index < -0.39 is 0 Å². The number of para-hydroxylation sites is 1. The molecule has 0 spiro atoms. The molecule has 138 valence electrons. The number of methoxy groups -OCH3 is 2. The van der Waals surface area contributed by atoms with Crippen LogP contribution in [0.4, 0.5) is 0 Å². The fourth-order valence-electron chi connectivity index (χ4n) is 2.43. The van der Waals surface area contributed by atoms with Crippen LogP contribution in [0.5, 0.6) is 5.75 Å². The van der Waals surface area contributed by atoms with Gasteiger partial charge in [-0.25, -0.2) is 0 Å². The second-order valence-electron chi connectivity index (χ2n) is 5.68. The molecule has 0 bridgehead atoms. The molecule has 0 aliphatic rings. The molecule has 1 aromatic carbocycles. The smallest absolute Gasteiger partial charge is 0.191 e. The first-order valence-electron chi connectivity index (χ1n) is 7.78. The van der Waals surface area contributed by atoms with E-state index in [0.29, 0.717) is 13.2 Å². The molecule has 0 heterocycles. The zero-order valence-electron chi connectivity index (χ0n) is 15.5. The van der Waals surface area contributed by atoms with Crippen LogP contribution in [-0.4, -0.2) is 65.4 Å². The van der Waals surface area contributed by atoms with Crippen LogP contribution in [0.25, 0.3) is 0 Å². The summed E-state index contributed by atoms with van der Waals surface area (Å²) >= 11 is 0. The Bertz CT molecular complexity index is 497. The van der Waals surface area contributed by atoms with Crippen LogP contribution in [0.3, 0.4) is 0 Å². The molecule has 24 heavy (non-hydrogen) atoms. The summed E-state index contributed by atoms with van der Waals surface area (Å²) < 4.78 is 10.6. The highest BCUT2D eigenvalue weighted by Crippen LogP contribution is 2.27. The van der Waals surface area contributed by atoms with Gasteiger partial charge >= 0.3 is 0 Å². The van der Waals surface area contributed by atoms with E-state index in [0.717, 1.165) is 17.3 Å². The molecule has 0 aliphatic carbocycles. The van der Waals surface area contributed by atoms with Gasteiger partial charge in [0.25, 0.3) is 0 Å². The maximum Gasteiger partial charge on any atom is 0.191 e. The summed E-state index contributed by atoms with van der Waals surface area (Å²) in [5.74, 6) is 1.65. The lowest BCUT2D eigenvalue weighted by Crippen LogP contribution is -2.46. The number of nitrogens with one attached hydrogen (secondary N) is 2. The number of halogens is 1. The van der Waals surface area contributed by atoms with Gasteiger partial charge in [-0.1, -0.05) is 18.2 Å². The molecule has 2 unspecified atom stereocenters. The molecule has 2 atom stereocenters. The van der Waals surface area contributed by atoms with Gasteiger partial charge in [0.15, 0.2) is 5.96 Å². The quantitative estimate of drug-likeness (QED) is 0.361. The third kappa shape index (κ3) is 7.23. The van der Waals surface area contributed by atoms with Crippen LogP contribution < -0.4 is 15.4 Å². The Hall–Kier alpha value is -1.06. The monoisotopic (exact) mass is 450 g/mol. The number of rotatable bonds is 8. The minimum Gasteiger partial charge on any atom is -0.496 e. The summed E-state index contributed by atoms with van der Waals surface area (Å²) in [4.78, 5) is 6.43. The molecule has 2 N–H and O–H groups in total. The zero-order chi connectivity index (χ0) is 17.2. The molecule has 1 rings (SSSR count). The molecular weight excluding hydrogens is 419 g/mol. The van der Waals surface area contributed by atoms with Gasteiger partial charge in [-0.15, -0.1) is 24.0 Å². The van der Waals surface area contributed by atoms with E-state index in [4.69, 9.17) is 9.47 Å². The molecule has 0 saturated carbocycles. The topological polar surface area (TPSA) is 58.1 Å². The minimum absolute atomic E-state index is 0. The second-order valence-corrected chi connectivity index (χ2v) is 5.68. The van der Waals surface area contributed by atoms with Crippen molar-refractivity contribution in [3.63, 3.8) is 0 Å². The summed E-state index contributed by atoms with van der Waals surface area (Å²) in [5, 5.41) is 6.68. The number of hydrogen-bond acceptors (Lipinski definition) is 4. The van der Waals surface area contributed by atoms with Crippen molar-refractivity contribution in [1.82, 2.24) is 15.5 Å². The van der Waals surface area contributed by atoms with Gasteiger partial charge in [-0.2, -0.15) is 0 Å². The Morgan fingerprint density at radius 2 is 1.92 bits per heavy atom. The molecule has 0 saturated heterocycles. The number of benzene rings is 1. The second kappa shape index (κ2) is 12.3. The van der Waals surface area contributed by atoms with E-state index in [-0.39, 0.29) is 36.1 Å². The number of hydrogen-bond donors (Lipinski definition) is 2. The predicted molar refractivity (Wildman–Crippen MR) is 111 cm³/mol. The Morgan fingerprint density at radius 3 is 2.46 bits per heavy atom. The van der Waals surface area contributed by atoms with Crippen LogP contribution in [0.15, 0.2) is 29.3 Å². The molecule has 0 amide bonds. The van der Waals surface area contributed by atoms with Gasteiger partial charge in [0.05, 0.1) is 19.8 Å². The van der Waals surface area contributed by atoms with Crippen molar-refractivity contribution in [3.8, 4) is 5.75 Å². The van der Waals surface area contributed by atoms with E-state index >= 15 is 0 Å². The van der Waals surface area contributed by atoms with E-state index in [9.17, 15) is 0 Å². The average Bonchev–Trinajstić information content (AvgIpc) is 2.54. The summed E-state index contributed by atoms with van der Waals surface area (Å²) in [6.07, 6.45) is 0. The fourth-order valence-corrected chi connectivity index (χ4v) is 2.43. The van der Waals surface area contributed by atoms with Gasteiger partial charge in [0.2, 0.25) is 0 Å². The summed E-state index contributed by atoms with van der Waals surface area (Å²) in [6, 6.07) is 8.45. The van der Waals surface area contributed by atoms with E-state index in [1.165, 1.54) is 0 Å².